The third-order valence-electron chi connectivity index (χ3n) is 7.95. The maximum Gasteiger partial charge on any atom is 0.472 e. The molecule has 53 heavy (non-hydrogen) atoms. The van der Waals surface area contributed by atoms with Crippen LogP contribution in [-0.2, 0) is 32.7 Å². The molecule has 0 aliphatic rings. The summed E-state index contributed by atoms with van der Waals surface area (Å²) < 4.78 is 34.1. The fourth-order valence-electron chi connectivity index (χ4n) is 4.80. The van der Waals surface area contributed by atoms with Crippen LogP contribution in [0, 0.1) is 0 Å². The molecule has 0 heterocycles. The second-order valence-corrected chi connectivity index (χ2v) is 15.7. The Morgan fingerprint density at radius 3 is 1.64 bits per heavy atom. The molecule has 0 aromatic rings. The van der Waals surface area contributed by atoms with Gasteiger partial charge in [-0.15, -0.1) is 0 Å². The highest BCUT2D eigenvalue weighted by Gasteiger charge is 2.27. The lowest BCUT2D eigenvalue weighted by Gasteiger charge is -2.24. The number of quaternary nitrogens is 1. The van der Waals surface area contributed by atoms with Gasteiger partial charge in [-0.05, 0) is 77.0 Å². The third kappa shape index (κ3) is 39.0. The van der Waals surface area contributed by atoms with E-state index >= 15 is 0 Å². The van der Waals surface area contributed by atoms with Crippen LogP contribution in [0.1, 0.15) is 136 Å². The van der Waals surface area contributed by atoms with Gasteiger partial charge in [-0.1, -0.05) is 119 Å². The lowest BCUT2D eigenvalue weighted by Crippen LogP contribution is -2.37. The van der Waals surface area contributed by atoms with E-state index in [1.165, 1.54) is 6.42 Å². The zero-order valence-corrected chi connectivity index (χ0v) is 34.9. The first kappa shape index (κ1) is 50.5. The van der Waals surface area contributed by atoms with E-state index in [1.54, 1.807) is 0 Å². The molecule has 0 bridgehead atoms. The van der Waals surface area contributed by atoms with Crippen molar-refractivity contribution in [2.24, 2.45) is 0 Å². The fraction of sp³-hybridized carbons (Fsp3) is 0.674. The van der Waals surface area contributed by atoms with Gasteiger partial charge in [0.05, 0.1) is 27.7 Å². The van der Waals surface area contributed by atoms with Crippen LogP contribution in [0.2, 0.25) is 0 Å². The minimum atomic E-state index is -4.38. The molecule has 0 fully saturated rings. The van der Waals surface area contributed by atoms with Crippen LogP contribution >= 0.6 is 7.82 Å². The molecular formula is C43H75NO8P+. The number of phosphoric acid groups is 1. The van der Waals surface area contributed by atoms with Crippen LogP contribution in [0.15, 0.2) is 72.9 Å². The van der Waals surface area contributed by atoms with E-state index in [-0.39, 0.29) is 26.1 Å². The average Bonchev–Trinajstić information content (AvgIpc) is 3.10. The summed E-state index contributed by atoms with van der Waals surface area (Å²) in [5, 5.41) is 0. The standard InChI is InChI=1S/C43H74NO8P/c1-6-8-10-12-14-16-18-19-20-21-22-23-24-25-26-28-30-32-34-36-43(46)52-41(40-51-53(47,48)50-38-37-44(3,4)5)39-49-42(45)35-33-31-29-27-17-15-13-11-9-7-2/h8,10-11,13-14,16,19-20,22-23,25-26,41H,6-7,9,12,15,17-18,21,24,27-40H2,1-5H3/p+1/b10-8-,13-11-,16-14-,20-19-,23-22-,26-25-. The molecule has 1 N–H and O–H groups in total. The largest absolute Gasteiger partial charge is 0.472 e. The van der Waals surface area contributed by atoms with Crippen LogP contribution in [0.25, 0.3) is 0 Å². The number of phosphoric ester groups is 1. The highest BCUT2D eigenvalue weighted by molar-refractivity contribution is 7.47. The summed E-state index contributed by atoms with van der Waals surface area (Å²) in [6.45, 7) is 4.16. The number of allylic oxidation sites excluding steroid dienone is 12. The van der Waals surface area contributed by atoms with Gasteiger partial charge in [-0.3, -0.25) is 18.6 Å². The van der Waals surface area contributed by atoms with E-state index in [0.29, 0.717) is 17.4 Å². The van der Waals surface area contributed by atoms with Crippen LogP contribution < -0.4 is 0 Å². The normalized spacial score (nSPS) is 14.5. The molecule has 0 saturated carbocycles. The highest BCUT2D eigenvalue weighted by Crippen LogP contribution is 2.43. The minimum Gasteiger partial charge on any atom is -0.462 e. The molecule has 0 aliphatic carbocycles. The van der Waals surface area contributed by atoms with Gasteiger partial charge >= 0.3 is 19.8 Å². The highest BCUT2D eigenvalue weighted by atomic mass is 31.2. The summed E-state index contributed by atoms with van der Waals surface area (Å²) in [7, 11) is 1.43. The first-order valence-electron chi connectivity index (χ1n) is 20.2. The topological polar surface area (TPSA) is 108 Å². The Bertz CT molecular complexity index is 1140. The van der Waals surface area contributed by atoms with Crippen molar-refractivity contribution in [1.29, 1.82) is 0 Å². The Kier molecular flexibility index (Phi) is 33.5. The van der Waals surface area contributed by atoms with Crippen LogP contribution in [0.3, 0.4) is 0 Å². The van der Waals surface area contributed by atoms with E-state index in [1.807, 2.05) is 21.1 Å². The number of nitrogens with zero attached hydrogens (tertiary/aromatic N) is 1. The molecular weight excluding hydrogens is 689 g/mol. The molecule has 2 atom stereocenters. The molecule has 0 aliphatic heterocycles. The first-order chi connectivity index (χ1) is 25.5. The predicted octanol–water partition coefficient (Wildman–Crippen LogP) is 11.1. The number of rotatable bonds is 35. The number of ether oxygens (including phenoxy) is 2. The van der Waals surface area contributed by atoms with Crippen molar-refractivity contribution in [2.45, 2.75) is 142 Å². The average molecular weight is 765 g/mol. The van der Waals surface area contributed by atoms with Crippen LogP contribution in [-0.4, -0.2) is 74.9 Å². The van der Waals surface area contributed by atoms with Crippen LogP contribution in [0.5, 0.6) is 0 Å². The molecule has 9 nitrogen and oxygen atoms in total. The lowest BCUT2D eigenvalue weighted by atomic mass is 10.1. The number of carbonyl (C=O) groups is 2. The van der Waals surface area contributed by atoms with Gasteiger partial charge in [-0.25, -0.2) is 4.57 Å². The van der Waals surface area contributed by atoms with Crippen molar-refractivity contribution in [2.75, 3.05) is 47.5 Å². The Labute approximate surface area is 323 Å². The van der Waals surface area contributed by atoms with Gasteiger partial charge in [0, 0.05) is 12.8 Å². The number of unbranched alkanes of at least 4 members (excludes halogenated alkanes) is 9. The van der Waals surface area contributed by atoms with E-state index in [0.717, 1.165) is 96.3 Å². The summed E-state index contributed by atoms with van der Waals surface area (Å²) in [4.78, 5) is 35.2. The monoisotopic (exact) mass is 765 g/mol. The Balaban J connectivity index is 4.48. The van der Waals surface area contributed by atoms with Gasteiger partial charge < -0.3 is 18.9 Å². The number of hydrogen-bond donors (Lipinski definition) is 1. The maximum absolute atomic E-state index is 12.6. The van der Waals surface area contributed by atoms with Gasteiger partial charge in [0.25, 0.3) is 0 Å². The van der Waals surface area contributed by atoms with Crippen molar-refractivity contribution < 1.29 is 42.1 Å². The van der Waals surface area contributed by atoms with Crippen molar-refractivity contribution in [3.05, 3.63) is 72.9 Å². The summed E-state index contributed by atoms with van der Waals surface area (Å²) in [6, 6.07) is 0. The van der Waals surface area contributed by atoms with Gasteiger partial charge in [0.2, 0.25) is 0 Å². The quantitative estimate of drug-likeness (QED) is 0.0223. The molecule has 0 spiro atoms. The molecule has 2 unspecified atom stereocenters. The van der Waals surface area contributed by atoms with Gasteiger partial charge in [0.15, 0.2) is 6.10 Å². The fourth-order valence-corrected chi connectivity index (χ4v) is 5.55. The second kappa shape index (κ2) is 35.2. The van der Waals surface area contributed by atoms with E-state index in [2.05, 4.69) is 86.8 Å². The molecule has 10 heteroatoms. The smallest absolute Gasteiger partial charge is 0.462 e. The van der Waals surface area contributed by atoms with E-state index in [4.69, 9.17) is 18.5 Å². The second-order valence-electron chi connectivity index (χ2n) is 14.3. The van der Waals surface area contributed by atoms with Gasteiger partial charge in [-0.2, -0.15) is 0 Å². The number of hydrogen-bond acceptors (Lipinski definition) is 7. The van der Waals surface area contributed by atoms with Crippen molar-refractivity contribution in [3.63, 3.8) is 0 Å². The summed E-state index contributed by atoms with van der Waals surface area (Å²) in [5.41, 5.74) is 0. The number of likely N-dealkylation sites (N-methyl/N-ethyl adjacent to an activating group) is 1. The molecule has 0 amide bonds. The lowest BCUT2D eigenvalue weighted by molar-refractivity contribution is -0.870. The maximum atomic E-state index is 12.6. The van der Waals surface area contributed by atoms with Crippen molar-refractivity contribution in [3.8, 4) is 0 Å². The van der Waals surface area contributed by atoms with Gasteiger partial charge in [0.1, 0.15) is 19.8 Å². The van der Waals surface area contributed by atoms with Crippen molar-refractivity contribution in [1.82, 2.24) is 0 Å². The Morgan fingerprint density at radius 2 is 1.08 bits per heavy atom. The third-order valence-corrected chi connectivity index (χ3v) is 8.94. The van der Waals surface area contributed by atoms with Crippen LogP contribution in [0.4, 0.5) is 0 Å². The summed E-state index contributed by atoms with van der Waals surface area (Å²) >= 11 is 0. The SMILES string of the molecule is CC/C=C\C/C=C\C/C=C\C/C=C\C/C=C\CCCCCC(=O)OC(COC(=O)CCCCCCC/C=C\CCC)COP(=O)(O)OCC[N+](C)(C)C. The zero-order valence-electron chi connectivity index (χ0n) is 34.0. The number of carbonyl (C=O) groups excluding carboxylic acids is 2. The number of esters is 2. The molecule has 0 rings (SSSR count). The van der Waals surface area contributed by atoms with E-state index < -0.39 is 32.5 Å². The van der Waals surface area contributed by atoms with Crippen molar-refractivity contribution >= 4 is 19.8 Å². The molecule has 0 aromatic heterocycles. The van der Waals surface area contributed by atoms with E-state index in [9.17, 15) is 19.0 Å². The molecule has 304 valence electrons. The Hall–Kier alpha value is -2.55. The zero-order chi connectivity index (χ0) is 39.3. The summed E-state index contributed by atoms with van der Waals surface area (Å²) in [6.07, 6.45) is 42.4. The molecule has 0 saturated heterocycles. The predicted molar refractivity (Wildman–Crippen MR) is 219 cm³/mol. The Morgan fingerprint density at radius 1 is 0.604 bits per heavy atom. The first-order valence-corrected chi connectivity index (χ1v) is 21.7. The molecule has 0 aromatic carbocycles. The summed E-state index contributed by atoms with van der Waals surface area (Å²) in [5.74, 6) is -0.859. The molecule has 0 radical (unpaired) electrons. The minimum absolute atomic E-state index is 0.0197.